The zero-order chi connectivity index (χ0) is 21.7. The van der Waals surface area contributed by atoms with Crippen LogP contribution in [0.2, 0.25) is 0 Å². The van der Waals surface area contributed by atoms with Gasteiger partial charge in [-0.1, -0.05) is 43.8 Å². The quantitative estimate of drug-likeness (QED) is 0.305. The van der Waals surface area contributed by atoms with Gasteiger partial charge in [-0.05, 0) is 41.8 Å². The molecular weight excluding hydrogens is 413 g/mol. The minimum absolute atomic E-state index is 0.138. The lowest BCUT2D eigenvalue weighted by molar-refractivity contribution is -0.137. The van der Waals surface area contributed by atoms with Gasteiger partial charge in [-0.2, -0.15) is 18.2 Å². The van der Waals surface area contributed by atoms with Gasteiger partial charge in [0.25, 0.3) is 0 Å². The summed E-state index contributed by atoms with van der Waals surface area (Å²) in [5, 5.41) is 0.446. The maximum Gasteiger partial charge on any atom is 0.416 e. The number of ether oxygens (including phenoxy) is 2. The molecule has 0 spiro atoms. The van der Waals surface area contributed by atoms with Crippen LogP contribution in [0.3, 0.4) is 0 Å². The van der Waals surface area contributed by atoms with Crippen LogP contribution in [0.1, 0.15) is 36.6 Å². The molecule has 0 bridgehead atoms. The fraction of sp³-hybridized carbons (Fsp3) is 0.273. The van der Waals surface area contributed by atoms with Gasteiger partial charge in [0.2, 0.25) is 5.88 Å². The van der Waals surface area contributed by atoms with E-state index in [1.165, 1.54) is 17.8 Å². The molecule has 0 fully saturated rings. The lowest BCUT2D eigenvalue weighted by Crippen LogP contribution is -2.05. The molecular formula is C22H21F3N2O2S. The molecule has 0 aliphatic carbocycles. The second-order valence-corrected chi connectivity index (χ2v) is 7.78. The van der Waals surface area contributed by atoms with Gasteiger partial charge in [-0.25, -0.2) is 4.98 Å². The molecule has 0 atom stereocenters. The van der Waals surface area contributed by atoms with Crippen LogP contribution in [0.15, 0.2) is 59.8 Å². The summed E-state index contributed by atoms with van der Waals surface area (Å²) in [4.78, 5) is 8.93. The first kappa shape index (κ1) is 22.0. The van der Waals surface area contributed by atoms with Crippen molar-refractivity contribution in [3.05, 3.63) is 71.4 Å². The van der Waals surface area contributed by atoms with E-state index in [1.807, 2.05) is 13.8 Å². The Kier molecular flexibility index (Phi) is 6.87. The molecule has 0 aliphatic heterocycles. The molecule has 1 heterocycles. The van der Waals surface area contributed by atoms with Crippen LogP contribution >= 0.6 is 11.8 Å². The maximum absolute atomic E-state index is 12.9. The number of alkyl halides is 3. The smallest absolute Gasteiger partial charge is 0.416 e. The van der Waals surface area contributed by atoms with Crippen molar-refractivity contribution < 1.29 is 22.6 Å². The van der Waals surface area contributed by atoms with Gasteiger partial charge in [-0.3, -0.25) is 0 Å². The molecule has 3 aromatic rings. The molecule has 0 aliphatic rings. The summed E-state index contributed by atoms with van der Waals surface area (Å²) in [5.74, 6) is 2.14. The summed E-state index contributed by atoms with van der Waals surface area (Å²) in [6.07, 6.45) is -4.37. The standard InChI is InChI=1S/C22H21F3N2O2S/c1-14(2)19-12-20(29-18-9-7-17(28-3)8-10-18)27-21(26-19)30-13-15-5-4-6-16(11-15)22(23,24)25/h4-12,14H,13H2,1-3H3. The van der Waals surface area contributed by atoms with Crippen LogP contribution in [0.25, 0.3) is 0 Å². The van der Waals surface area contributed by atoms with Crippen molar-refractivity contribution in [1.29, 1.82) is 0 Å². The van der Waals surface area contributed by atoms with E-state index in [4.69, 9.17) is 9.47 Å². The predicted molar refractivity (Wildman–Crippen MR) is 110 cm³/mol. The molecule has 2 aromatic carbocycles. The van der Waals surface area contributed by atoms with Gasteiger partial charge in [0.1, 0.15) is 11.5 Å². The Morgan fingerprint density at radius 3 is 2.30 bits per heavy atom. The molecule has 8 heteroatoms. The van der Waals surface area contributed by atoms with Crippen molar-refractivity contribution in [2.24, 2.45) is 0 Å². The second kappa shape index (κ2) is 9.38. The number of benzene rings is 2. The molecule has 158 valence electrons. The Morgan fingerprint density at radius 1 is 0.967 bits per heavy atom. The van der Waals surface area contributed by atoms with Crippen LogP contribution in [0.4, 0.5) is 13.2 Å². The van der Waals surface area contributed by atoms with Crippen LogP contribution in [0.5, 0.6) is 17.4 Å². The van der Waals surface area contributed by atoms with E-state index >= 15 is 0 Å². The minimum atomic E-state index is -4.37. The highest BCUT2D eigenvalue weighted by molar-refractivity contribution is 7.98. The lowest BCUT2D eigenvalue weighted by atomic mass is 10.1. The Bertz CT molecular complexity index is 992. The highest BCUT2D eigenvalue weighted by Crippen LogP contribution is 2.32. The molecule has 30 heavy (non-hydrogen) atoms. The Labute approximate surface area is 177 Å². The largest absolute Gasteiger partial charge is 0.497 e. The maximum atomic E-state index is 12.9. The number of hydrogen-bond acceptors (Lipinski definition) is 5. The van der Waals surface area contributed by atoms with E-state index in [-0.39, 0.29) is 5.92 Å². The molecule has 0 saturated carbocycles. The Hall–Kier alpha value is -2.74. The van der Waals surface area contributed by atoms with Gasteiger partial charge in [0.15, 0.2) is 5.16 Å². The average Bonchev–Trinajstić information content (AvgIpc) is 2.72. The average molecular weight is 434 g/mol. The van der Waals surface area contributed by atoms with Gasteiger partial charge in [0, 0.05) is 11.8 Å². The molecule has 0 radical (unpaired) electrons. The molecule has 3 rings (SSSR count). The number of methoxy groups -OCH3 is 1. The van der Waals surface area contributed by atoms with Gasteiger partial charge >= 0.3 is 6.18 Å². The fourth-order valence-electron chi connectivity index (χ4n) is 2.58. The molecule has 4 nitrogen and oxygen atoms in total. The Morgan fingerprint density at radius 2 is 1.67 bits per heavy atom. The van der Waals surface area contributed by atoms with Crippen molar-refractivity contribution >= 4 is 11.8 Å². The molecule has 0 unspecified atom stereocenters. The summed E-state index contributed by atoms with van der Waals surface area (Å²) in [5.41, 5.74) is 0.673. The van der Waals surface area contributed by atoms with E-state index in [0.29, 0.717) is 33.9 Å². The first-order valence-electron chi connectivity index (χ1n) is 9.24. The lowest BCUT2D eigenvalue weighted by Gasteiger charge is -2.12. The molecule has 0 saturated heterocycles. The number of nitrogens with zero attached hydrogens (tertiary/aromatic N) is 2. The highest BCUT2D eigenvalue weighted by atomic mass is 32.2. The first-order chi connectivity index (χ1) is 14.2. The number of halogens is 3. The van der Waals surface area contributed by atoms with Gasteiger partial charge in [0.05, 0.1) is 18.4 Å². The number of hydrogen-bond donors (Lipinski definition) is 0. The van der Waals surface area contributed by atoms with E-state index < -0.39 is 11.7 Å². The third-order valence-corrected chi connectivity index (χ3v) is 5.12. The Balaban J connectivity index is 1.79. The van der Waals surface area contributed by atoms with Crippen molar-refractivity contribution in [2.75, 3.05) is 7.11 Å². The minimum Gasteiger partial charge on any atom is -0.497 e. The molecule has 0 amide bonds. The fourth-order valence-corrected chi connectivity index (χ4v) is 3.38. The summed E-state index contributed by atoms with van der Waals surface area (Å²) in [6, 6.07) is 14.1. The van der Waals surface area contributed by atoms with Crippen LogP contribution in [-0.4, -0.2) is 17.1 Å². The van der Waals surface area contributed by atoms with Crippen LogP contribution in [-0.2, 0) is 11.9 Å². The van der Waals surface area contributed by atoms with Crippen molar-refractivity contribution in [2.45, 2.75) is 36.9 Å². The van der Waals surface area contributed by atoms with Crippen molar-refractivity contribution in [1.82, 2.24) is 9.97 Å². The predicted octanol–water partition coefficient (Wildman–Crippen LogP) is 6.71. The summed E-state index contributed by atoms with van der Waals surface area (Å²) >= 11 is 1.27. The molecule has 0 N–H and O–H groups in total. The van der Waals surface area contributed by atoms with Crippen LogP contribution < -0.4 is 9.47 Å². The topological polar surface area (TPSA) is 44.2 Å². The third kappa shape index (κ3) is 5.89. The van der Waals surface area contributed by atoms with E-state index in [1.54, 1.807) is 43.5 Å². The van der Waals surface area contributed by atoms with Gasteiger partial charge < -0.3 is 9.47 Å². The normalized spacial score (nSPS) is 11.6. The zero-order valence-electron chi connectivity index (χ0n) is 16.7. The number of rotatable bonds is 7. The van der Waals surface area contributed by atoms with E-state index in [2.05, 4.69) is 9.97 Å². The van der Waals surface area contributed by atoms with Gasteiger partial charge in [-0.15, -0.1) is 0 Å². The van der Waals surface area contributed by atoms with Crippen molar-refractivity contribution in [3.8, 4) is 17.4 Å². The number of aromatic nitrogens is 2. The summed E-state index contributed by atoms with van der Waals surface area (Å²) < 4.78 is 49.8. The van der Waals surface area contributed by atoms with E-state index in [0.717, 1.165) is 17.8 Å². The SMILES string of the molecule is COc1ccc(Oc2cc(C(C)C)nc(SCc3cccc(C(F)(F)F)c3)n2)cc1. The third-order valence-electron chi connectivity index (χ3n) is 4.20. The second-order valence-electron chi connectivity index (χ2n) is 6.83. The summed E-state index contributed by atoms with van der Waals surface area (Å²) in [7, 11) is 1.59. The summed E-state index contributed by atoms with van der Waals surface area (Å²) in [6.45, 7) is 4.00. The van der Waals surface area contributed by atoms with E-state index in [9.17, 15) is 13.2 Å². The number of thioether (sulfide) groups is 1. The van der Waals surface area contributed by atoms with Crippen molar-refractivity contribution in [3.63, 3.8) is 0 Å². The highest BCUT2D eigenvalue weighted by Gasteiger charge is 2.30. The first-order valence-corrected chi connectivity index (χ1v) is 10.2. The zero-order valence-corrected chi connectivity index (χ0v) is 17.6. The molecule has 1 aromatic heterocycles. The monoisotopic (exact) mass is 434 g/mol. The van der Waals surface area contributed by atoms with Crippen LogP contribution in [0, 0.1) is 0 Å².